The molecule has 0 radical (unpaired) electrons. The highest BCUT2D eigenvalue weighted by atomic mass is 32.1. The number of carbonyl (C=O) groups excluding carboxylic acids is 1. The Labute approximate surface area is 113 Å². The molecule has 2 aromatic heterocycles. The number of aromatic carboxylic acids is 1. The lowest BCUT2D eigenvalue weighted by atomic mass is 10.2. The first-order chi connectivity index (χ1) is 9.08. The van der Waals surface area contributed by atoms with Crippen molar-refractivity contribution in [3.63, 3.8) is 0 Å². The summed E-state index contributed by atoms with van der Waals surface area (Å²) in [5.74, 6) is -1.31. The monoisotopic (exact) mass is 276 g/mol. The van der Waals surface area contributed by atoms with Crippen LogP contribution in [-0.4, -0.2) is 22.0 Å². The maximum Gasteiger partial charge on any atom is 0.348 e. The van der Waals surface area contributed by atoms with E-state index in [4.69, 9.17) is 5.11 Å². The molecule has 0 saturated carbocycles. The molecule has 0 unspecified atom stereocenters. The number of carboxylic acid groups (broad SMARTS) is 1. The van der Waals surface area contributed by atoms with Gasteiger partial charge in [0.05, 0.1) is 12.1 Å². The van der Waals surface area contributed by atoms with Crippen LogP contribution >= 0.6 is 11.3 Å². The van der Waals surface area contributed by atoms with Gasteiger partial charge in [-0.05, 0) is 30.0 Å². The lowest BCUT2D eigenvalue weighted by Crippen LogP contribution is -2.16. The molecule has 2 aromatic rings. The molecule has 0 aliphatic heterocycles. The van der Waals surface area contributed by atoms with Gasteiger partial charge in [-0.2, -0.15) is 0 Å². The van der Waals surface area contributed by atoms with Gasteiger partial charge in [0.1, 0.15) is 4.88 Å². The number of hydrogen-bond donors (Lipinski definition) is 2. The van der Waals surface area contributed by atoms with Crippen LogP contribution in [0.25, 0.3) is 0 Å². The zero-order valence-corrected chi connectivity index (χ0v) is 11.0. The molecular formula is C13H12N2O3S. The van der Waals surface area contributed by atoms with E-state index in [9.17, 15) is 9.59 Å². The maximum atomic E-state index is 11.9. The van der Waals surface area contributed by atoms with E-state index in [2.05, 4.69) is 10.3 Å². The van der Waals surface area contributed by atoms with Gasteiger partial charge in [-0.3, -0.25) is 9.78 Å². The number of aromatic nitrogens is 1. The highest BCUT2D eigenvalue weighted by Crippen LogP contribution is 2.27. The third kappa shape index (κ3) is 3.17. The molecule has 0 aromatic carbocycles. The highest BCUT2D eigenvalue weighted by Gasteiger charge is 2.17. The van der Waals surface area contributed by atoms with Crippen LogP contribution < -0.4 is 5.32 Å². The number of anilines is 1. The molecule has 0 saturated heterocycles. The van der Waals surface area contributed by atoms with Crippen LogP contribution in [-0.2, 0) is 11.2 Å². The van der Waals surface area contributed by atoms with Crippen LogP contribution in [0.3, 0.4) is 0 Å². The number of carbonyl (C=O) groups is 2. The minimum Gasteiger partial charge on any atom is -0.477 e. The molecule has 0 bridgehead atoms. The molecule has 2 heterocycles. The van der Waals surface area contributed by atoms with Gasteiger partial charge in [-0.1, -0.05) is 6.07 Å². The van der Waals surface area contributed by atoms with E-state index in [1.807, 2.05) is 0 Å². The number of rotatable bonds is 4. The van der Waals surface area contributed by atoms with Crippen LogP contribution in [0.1, 0.15) is 20.9 Å². The Balaban J connectivity index is 2.11. The predicted molar refractivity (Wildman–Crippen MR) is 72.6 cm³/mol. The number of thiophene rings is 1. The predicted octanol–water partition coefficient (Wildman–Crippen LogP) is 2.33. The molecule has 0 aliphatic carbocycles. The van der Waals surface area contributed by atoms with Crippen molar-refractivity contribution in [2.45, 2.75) is 13.3 Å². The summed E-state index contributed by atoms with van der Waals surface area (Å²) >= 11 is 1.10. The van der Waals surface area contributed by atoms with Gasteiger partial charge in [0.25, 0.3) is 0 Å². The molecule has 0 fully saturated rings. The Morgan fingerprint density at radius 3 is 2.84 bits per heavy atom. The molecule has 0 spiro atoms. The molecule has 98 valence electrons. The summed E-state index contributed by atoms with van der Waals surface area (Å²) in [5.41, 5.74) is 1.76. The van der Waals surface area contributed by atoms with Crippen molar-refractivity contribution in [3.8, 4) is 0 Å². The maximum absolute atomic E-state index is 11.9. The second-order valence-corrected chi connectivity index (χ2v) is 4.85. The second kappa shape index (κ2) is 5.62. The summed E-state index contributed by atoms with van der Waals surface area (Å²) in [7, 11) is 0. The Morgan fingerprint density at radius 1 is 1.42 bits per heavy atom. The van der Waals surface area contributed by atoms with Crippen LogP contribution in [0.2, 0.25) is 0 Å². The summed E-state index contributed by atoms with van der Waals surface area (Å²) in [6.45, 7) is 1.76. The van der Waals surface area contributed by atoms with E-state index in [-0.39, 0.29) is 17.2 Å². The van der Waals surface area contributed by atoms with Crippen LogP contribution in [0.4, 0.5) is 5.69 Å². The second-order valence-electron chi connectivity index (χ2n) is 3.97. The summed E-state index contributed by atoms with van der Waals surface area (Å²) < 4.78 is 0. The van der Waals surface area contributed by atoms with Crippen molar-refractivity contribution < 1.29 is 14.7 Å². The fourth-order valence-corrected chi connectivity index (χ4v) is 2.45. The fourth-order valence-electron chi connectivity index (χ4n) is 1.61. The zero-order chi connectivity index (χ0) is 13.8. The molecule has 5 nitrogen and oxygen atoms in total. The smallest absolute Gasteiger partial charge is 0.348 e. The number of nitrogens with one attached hydrogen (secondary N) is 1. The SMILES string of the molecule is Cc1csc(C(=O)O)c1NC(=O)Cc1ccccn1. The first kappa shape index (κ1) is 13.2. The molecule has 0 aliphatic rings. The van der Waals surface area contributed by atoms with E-state index in [0.717, 1.165) is 16.9 Å². The molecule has 19 heavy (non-hydrogen) atoms. The molecule has 6 heteroatoms. The van der Waals surface area contributed by atoms with E-state index in [1.165, 1.54) is 0 Å². The van der Waals surface area contributed by atoms with Gasteiger partial charge in [-0.25, -0.2) is 4.79 Å². The average Bonchev–Trinajstić information content (AvgIpc) is 2.72. The van der Waals surface area contributed by atoms with E-state index in [1.54, 1.807) is 36.7 Å². The van der Waals surface area contributed by atoms with Crippen LogP contribution in [0.5, 0.6) is 0 Å². The van der Waals surface area contributed by atoms with Crippen LogP contribution in [0, 0.1) is 6.92 Å². The minimum absolute atomic E-state index is 0.120. The zero-order valence-electron chi connectivity index (χ0n) is 10.2. The third-order valence-corrected chi connectivity index (χ3v) is 3.59. The first-order valence-corrected chi connectivity index (χ1v) is 6.47. The quantitative estimate of drug-likeness (QED) is 0.898. The van der Waals surface area contributed by atoms with Crippen molar-refractivity contribution in [1.29, 1.82) is 0 Å². The minimum atomic E-state index is -1.04. The van der Waals surface area contributed by atoms with Crippen molar-refractivity contribution in [3.05, 3.63) is 45.9 Å². The lowest BCUT2D eigenvalue weighted by Gasteiger charge is -2.06. The Morgan fingerprint density at radius 2 is 2.21 bits per heavy atom. The average molecular weight is 276 g/mol. The Bertz CT molecular complexity index is 608. The topological polar surface area (TPSA) is 79.3 Å². The fraction of sp³-hybridized carbons (Fsp3) is 0.154. The largest absolute Gasteiger partial charge is 0.477 e. The van der Waals surface area contributed by atoms with Crippen molar-refractivity contribution in [2.24, 2.45) is 0 Å². The van der Waals surface area contributed by atoms with Crippen molar-refractivity contribution in [2.75, 3.05) is 5.32 Å². The lowest BCUT2D eigenvalue weighted by molar-refractivity contribution is -0.115. The summed E-state index contributed by atoms with van der Waals surface area (Å²) in [4.78, 5) is 27.1. The number of pyridine rings is 1. The summed E-state index contributed by atoms with van der Waals surface area (Å²) in [6.07, 6.45) is 1.73. The number of nitrogens with zero attached hydrogens (tertiary/aromatic N) is 1. The van der Waals surface area contributed by atoms with Crippen molar-refractivity contribution >= 4 is 28.9 Å². The van der Waals surface area contributed by atoms with Crippen LogP contribution in [0.15, 0.2) is 29.8 Å². The van der Waals surface area contributed by atoms with Gasteiger partial charge in [0, 0.05) is 11.9 Å². The number of amides is 1. The van der Waals surface area contributed by atoms with E-state index < -0.39 is 5.97 Å². The standard InChI is InChI=1S/C13H12N2O3S/c1-8-7-19-12(13(17)18)11(8)15-10(16)6-9-4-2-3-5-14-9/h2-5,7H,6H2,1H3,(H,15,16)(H,17,18). The van der Waals surface area contributed by atoms with Gasteiger partial charge in [0.2, 0.25) is 5.91 Å². The van der Waals surface area contributed by atoms with Crippen molar-refractivity contribution in [1.82, 2.24) is 4.98 Å². The molecule has 1 amide bonds. The van der Waals surface area contributed by atoms with Gasteiger partial charge in [0.15, 0.2) is 0 Å². The summed E-state index contributed by atoms with van der Waals surface area (Å²) in [6, 6.07) is 5.32. The number of aryl methyl sites for hydroxylation is 1. The Kier molecular flexibility index (Phi) is 3.91. The normalized spacial score (nSPS) is 10.2. The molecule has 2 rings (SSSR count). The van der Waals surface area contributed by atoms with Gasteiger partial charge < -0.3 is 10.4 Å². The number of hydrogen-bond acceptors (Lipinski definition) is 4. The van der Waals surface area contributed by atoms with E-state index >= 15 is 0 Å². The molecule has 0 atom stereocenters. The highest BCUT2D eigenvalue weighted by molar-refractivity contribution is 7.12. The first-order valence-electron chi connectivity index (χ1n) is 5.59. The van der Waals surface area contributed by atoms with Gasteiger partial charge >= 0.3 is 5.97 Å². The summed E-state index contributed by atoms with van der Waals surface area (Å²) in [5, 5.41) is 13.4. The van der Waals surface area contributed by atoms with E-state index in [0.29, 0.717) is 11.4 Å². The molecule has 2 N–H and O–H groups in total. The number of carboxylic acids is 1. The Hall–Kier alpha value is -2.21. The van der Waals surface area contributed by atoms with Gasteiger partial charge in [-0.15, -0.1) is 11.3 Å². The molecular weight excluding hydrogens is 264 g/mol. The third-order valence-electron chi connectivity index (χ3n) is 2.50.